The quantitative estimate of drug-likeness (QED) is 0.729. The Morgan fingerprint density at radius 1 is 1.50 bits per heavy atom. The van der Waals surface area contributed by atoms with Crippen molar-refractivity contribution in [2.45, 2.75) is 50.0 Å². The van der Waals surface area contributed by atoms with Gasteiger partial charge in [0.1, 0.15) is 0 Å². The fourth-order valence-electron chi connectivity index (χ4n) is 2.46. The Morgan fingerprint density at radius 3 is 2.56 bits per heavy atom. The lowest BCUT2D eigenvalue weighted by atomic mass is 9.76. The highest BCUT2D eigenvalue weighted by molar-refractivity contribution is 9.09. The molecule has 16 heavy (non-hydrogen) atoms. The van der Waals surface area contributed by atoms with E-state index in [1.807, 2.05) is 18.4 Å². The molecule has 1 saturated carbocycles. The van der Waals surface area contributed by atoms with Gasteiger partial charge in [-0.1, -0.05) is 15.9 Å². The first kappa shape index (κ1) is 12.6. The molecular weight excluding hydrogens is 284 g/mol. The molecule has 1 atom stereocenters. The number of hydrogen-bond acceptors (Lipinski definition) is 2. The Hall–Kier alpha value is 0.140. The summed E-state index contributed by atoms with van der Waals surface area (Å²) in [6.45, 7) is 4.39. The summed E-state index contributed by atoms with van der Waals surface area (Å²) in [4.78, 5) is 3.28. The molecule has 0 aromatic carbocycles. The zero-order valence-electron chi connectivity index (χ0n) is 10.2. The molecule has 2 rings (SSSR count). The molecule has 1 aliphatic carbocycles. The van der Waals surface area contributed by atoms with Crippen molar-refractivity contribution in [2.24, 2.45) is 0 Å². The molecule has 90 valence electrons. The maximum absolute atomic E-state index is 5.69. The van der Waals surface area contributed by atoms with Gasteiger partial charge in [-0.25, -0.2) is 0 Å². The van der Waals surface area contributed by atoms with E-state index in [0.29, 0.717) is 4.83 Å². The van der Waals surface area contributed by atoms with Crippen LogP contribution in [0, 0.1) is 13.8 Å². The number of methoxy groups -OCH3 is 1. The lowest BCUT2D eigenvalue weighted by Gasteiger charge is -2.42. The average molecular weight is 303 g/mol. The predicted octanol–water partition coefficient (Wildman–Crippen LogP) is 4.76. The first-order chi connectivity index (χ1) is 7.56. The summed E-state index contributed by atoms with van der Waals surface area (Å²) in [5.74, 6) is 0. The Labute approximate surface area is 110 Å². The minimum Gasteiger partial charge on any atom is -0.378 e. The minimum absolute atomic E-state index is 0.149. The van der Waals surface area contributed by atoms with Gasteiger partial charge in [-0.05, 0) is 51.2 Å². The van der Waals surface area contributed by atoms with Gasteiger partial charge < -0.3 is 4.74 Å². The van der Waals surface area contributed by atoms with Crippen LogP contribution in [0.15, 0.2) is 6.07 Å². The van der Waals surface area contributed by atoms with Crippen LogP contribution in [0.2, 0.25) is 0 Å². The third-order valence-corrected chi connectivity index (χ3v) is 5.46. The SMILES string of the molecule is COC1(CC(Br)c2cc(C)sc2C)CCC1. The summed E-state index contributed by atoms with van der Waals surface area (Å²) < 4.78 is 5.69. The van der Waals surface area contributed by atoms with Crippen LogP contribution in [-0.2, 0) is 4.74 Å². The van der Waals surface area contributed by atoms with Crippen molar-refractivity contribution in [2.75, 3.05) is 7.11 Å². The highest BCUT2D eigenvalue weighted by atomic mass is 79.9. The summed E-state index contributed by atoms with van der Waals surface area (Å²) in [5.41, 5.74) is 1.60. The number of thiophene rings is 1. The van der Waals surface area contributed by atoms with Crippen LogP contribution >= 0.6 is 27.3 Å². The van der Waals surface area contributed by atoms with Crippen molar-refractivity contribution >= 4 is 27.3 Å². The summed E-state index contributed by atoms with van der Waals surface area (Å²) in [6, 6.07) is 2.31. The van der Waals surface area contributed by atoms with Crippen LogP contribution in [0.3, 0.4) is 0 Å². The molecular formula is C13H19BrOS. The van der Waals surface area contributed by atoms with E-state index in [1.165, 1.54) is 34.6 Å². The van der Waals surface area contributed by atoms with E-state index < -0.39 is 0 Å². The van der Waals surface area contributed by atoms with Crippen LogP contribution in [0.4, 0.5) is 0 Å². The molecule has 1 unspecified atom stereocenters. The van der Waals surface area contributed by atoms with Crippen molar-refractivity contribution < 1.29 is 4.74 Å². The number of rotatable bonds is 4. The fraction of sp³-hybridized carbons (Fsp3) is 0.692. The van der Waals surface area contributed by atoms with Gasteiger partial charge >= 0.3 is 0 Å². The molecule has 1 aromatic rings. The molecule has 1 nitrogen and oxygen atoms in total. The topological polar surface area (TPSA) is 9.23 Å². The first-order valence-corrected chi connectivity index (χ1v) is 7.56. The standard InChI is InChI=1S/C13H19BrOS/c1-9-7-11(10(2)16-9)12(14)8-13(15-3)5-4-6-13/h7,12H,4-6,8H2,1-3H3. The van der Waals surface area contributed by atoms with Gasteiger partial charge in [0.25, 0.3) is 0 Å². The normalized spacial score (nSPS) is 20.5. The summed E-state index contributed by atoms with van der Waals surface area (Å²) in [6.07, 6.45) is 4.84. The van der Waals surface area contributed by atoms with E-state index in [-0.39, 0.29) is 5.60 Å². The molecule has 1 aromatic heterocycles. The van der Waals surface area contributed by atoms with E-state index in [1.54, 1.807) is 0 Å². The summed E-state index contributed by atoms with van der Waals surface area (Å²) >= 11 is 5.71. The Morgan fingerprint density at radius 2 is 2.19 bits per heavy atom. The molecule has 0 spiro atoms. The van der Waals surface area contributed by atoms with Gasteiger partial charge in [0.05, 0.1) is 5.60 Å². The summed E-state index contributed by atoms with van der Waals surface area (Å²) in [5, 5.41) is 0. The maximum Gasteiger partial charge on any atom is 0.0692 e. The summed E-state index contributed by atoms with van der Waals surface area (Å²) in [7, 11) is 1.85. The molecule has 0 N–H and O–H groups in total. The van der Waals surface area contributed by atoms with Crippen LogP contribution in [0.1, 0.15) is 45.8 Å². The molecule has 0 radical (unpaired) electrons. The highest BCUT2D eigenvalue weighted by Gasteiger charge is 2.39. The molecule has 1 heterocycles. The maximum atomic E-state index is 5.69. The van der Waals surface area contributed by atoms with Gasteiger partial charge in [0, 0.05) is 21.7 Å². The van der Waals surface area contributed by atoms with Crippen molar-refractivity contribution in [3.63, 3.8) is 0 Å². The molecule has 0 bridgehead atoms. The third-order valence-electron chi connectivity index (χ3n) is 3.67. The second kappa shape index (κ2) is 4.79. The number of alkyl halides is 1. The van der Waals surface area contributed by atoms with Crippen LogP contribution in [0.5, 0.6) is 0 Å². The molecule has 0 saturated heterocycles. The average Bonchev–Trinajstić information content (AvgIpc) is 2.51. The monoisotopic (exact) mass is 302 g/mol. The van der Waals surface area contributed by atoms with Crippen molar-refractivity contribution in [3.05, 3.63) is 21.4 Å². The largest absolute Gasteiger partial charge is 0.378 e. The van der Waals surface area contributed by atoms with Crippen molar-refractivity contribution in [3.8, 4) is 0 Å². The second-order valence-corrected chi connectivity index (χ2v) is 7.35. The van der Waals surface area contributed by atoms with Gasteiger partial charge in [-0.15, -0.1) is 11.3 Å². The number of ether oxygens (including phenoxy) is 1. The highest BCUT2D eigenvalue weighted by Crippen LogP contribution is 2.45. The Kier molecular flexibility index (Phi) is 3.77. The number of aryl methyl sites for hydroxylation is 2. The molecule has 0 aliphatic heterocycles. The fourth-order valence-corrected chi connectivity index (χ4v) is 4.67. The molecule has 1 fully saturated rings. The molecule has 1 aliphatic rings. The number of hydrogen-bond donors (Lipinski definition) is 0. The van der Waals surface area contributed by atoms with E-state index in [0.717, 1.165) is 6.42 Å². The van der Waals surface area contributed by atoms with Crippen LogP contribution < -0.4 is 0 Å². The minimum atomic E-state index is 0.149. The smallest absolute Gasteiger partial charge is 0.0692 e. The zero-order valence-corrected chi connectivity index (χ0v) is 12.6. The van der Waals surface area contributed by atoms with E-state index in [9.17, 15) is 0 Å². The predicted molar refractivity (Wildman–Crippen MR) is 73.7 cm³/mol. The zero-order chi connectivity index (χ0) is 11.8. The van der Waals surface area contributed by atoms with E-state index in [4.69, 9.17) is 4.74 Å². The second-order valence-electron chi connectivity index (χ2n) is 4.78. The Balaban J connectivity index is 2.07. The molecule has 3 heteroatoms. The lowest BCUT2D eigenvalue weighted by Crippen LogP contribution is -2.39. The van der Waals surface area contributed by atoms with E-state index in [2.05, 4.69) is 35.8 Å². The van der Waals surface area contributed by atoms with Crippen molar-refractivity contribution in [1.29, 1.82) is 0 Å². The van der Waals surface area contributed by atoms with Gasteiger partial charge in [0.15, 0.2) is 0 Å². The third kappa shape index (κ3) is 2.36. The first-order valence-electron chi connectivity index (χ1n) is 5.82. The van der Waals surface area contributed by atoms with Gasteiger partial charge in [0.2, 0.25) is 0 Å². The van der Waals surface area contributed by atoms with Crippen LogP contribution in [-0.4, -0.2) is 12.7 Å². The Bertz CT molecular complexity index is 362. The van der Waals surface area contributed by atoms with Gasteiger partial charge in [-0.3, -0.25) is 0 Å². The number of halogens is 1. The molecule has 0 amide bonds. The van der Waals surface area contributed by atoms with Gasteiger partial charge in [-0.2, -0.15) is 0 Å². The van der Waals surface area contributed by atoms with Crippen LogP contribution in [0.25, 0.3) is 0 Å². The van der Waals surface area contributed by atoms with Crippen molar-refractivity contribution in [1.82, 2.24) is 0 Å². The lowest BCUT2D eigenvalue weighted by molar-refractivity contribution is -0.0773. The van der Waals surface area contributed by atoms with E-state index >= 15 is 0 Å².